The molecule has 3 N–H and O–H groups in total. The van der Waals surface area contributed by atoms with E-state index in [0.717, 1.165) is 35.0 Å². The average molecular weight is 636 g/mol. The summed E-state index contributed by atoms with van der Waals surface area (Å²) in [5.74, 6) is -1.86. The Morgan fingerprint density at radius 2 is 1.87 bits per heavy atom. The minimum atomic E-state index is -0.840. The molecular weight excluding hydrogens is 586 g/mol. The molecule has 0 spiro atoms. The van der Waals surface area contributed by atoms with Crippen molar-refractivity contribution in [1.29, 1.82) is 0 Å². The van der Waals surface area contributed by atoms with Gasteiger partial charge in [0.1, 0.15) is 12.1 Å². The molecular formula is C35H49N5O6. The van der Waals surface area contributed by atoms with Gasteiger partial charge in [-0.05, 0) is 55.2 Å². The number of fused-ring (bicyclic) bond motifs is 1. The van der Waals surface area contributed by atoms with Crippen molar-refractivity contribution < 1.29 is 28.7 Å². The van der Waals surface area contributed by atoms with E-state index >= 15 is 0 Å². The molecule has 3 amide bonds. The van der Waals surface area contributed by atoms with E-state index in [-0.39, 0.29) is 36.2 Å². The maximum atomic E-state index is 13.5. The lowest BCUT2D eigenvalue weighted by Crippen LogP contribution is -2.64. The molecule has 0 bridgehead atoms. The molecule has 4 rings (SSSR count). The van der Waals surface area contributed by atoms with Gasteiger partial charge in [-0.15, -0.1) is 0 Å². The highest BCUT2D eigenvalue weighted by Crippen LogP contribution is 2.32. The third-order valence-electron chi connectivity index (χ3n) is 9.17. The van der Waals surface area contributed by atoms with Crippen LogP contribution < -0.4 is 16.1 Å². The highest BCUT2D eigenvalue weighted by atomic mass is 16.5. The van der Waals surface area contributed by atoms with Crippen LogP contribution >= 0.6 is 0 Å². The summed E-state index contributed by atoms with van der Waals surface area (Å²) in [5.41, 5.74) is 5.91. The summed E-state index contributed by atoms with van der Waals surface area (Å²) >= 11 is 0. The molecule has 46 heavy (non-hydrogen) atoms. The lowest BCUT2D eigenvalue weighted by atomic mass is 9.80. The van der Waals surface area contributed by atoms with Crippen LogP contribution in [0.4, 0.5) is 0 Å². The van der Waals surface area contributed by atoms with Gasteiger partial charge in [-0.3, -0.25) is 29.2 Å². The topological polar surface area (TPSA) is 139 Å². The molecule has 2 saturated heterocycles. The summed E-state index contributed by atoms with van der Waals surface area (Å²) in [4.78, 5) is 57.0. The Morgan fingerprint density at radius 1 is 1.11 bits per heavy atom. The molecule has 1 aromatic heterocycles. The molecule has 0 saturated carbocycles. The van der Waals surface area contributed by atoms with Gasteiger partial charge >= 0.3 is 5.97 Å². The minimum absolute atomic E-state index is 0.0939. The normalized spacial score (nSPS) is 23.2. The highest BCUT2D eigenvalue weighted by molar-refractivity contribution is 5.92. The zero-order chi connectivity index (χ0) is 33.4. The summed E-state index contributed by atoms with van der Waals surface area (Å²) in [6.45, 7) is 10.6. The van der Waals surface area contributed by atoms with Crippen molar-refractivity contribution in [3.8, 4) is 0 Å². The van der Waals surface area contributed by atoms with Crippen LogP contribution in [0.25, 0.3) is 17.0 Å². The van der Waals surface area contributed by atoms with Crippen molar-refractivity contribution in [3.63, 3.8) is 0 Å². The SMILES string of the molecule is CCc1ccc2ccc(C=CC(C)C(=O)NC(C(=O)NCC(=O)N3NC(C(=O)OC)CCC3C3COCCC3C)C(C)C)cc2n1. The fourth-order valence-corrected chi connectivity index (χ4v) is 6.12. The Morgan fingerprint density at radius 3 is 2.57 bits per heavy atom. The van der Waals surface area contributed by atoms with Crippen LogP contribution in [0.2, 0.25) is 0 Å². The lowest BCUT2D eigenvalue weighted by Gasteiger charge is -2.45. The zero-order valence-corrected chi connectivity index (χ0v) is 27.9. The smallest absolute Gasteiger partial charge is 0.324 e. The number of carbonyl (C=O) groups excluding carboxylic acids is 4. The molecule has 2 aliphatic heterocycles. The Kier molecular flexibility index (Phi) is 12.3. The standard InChI is InChI=1S/C35H49N5O6/c1-7-26-13-12-25-11-10-24(18-29(25)37-26)9-8-23(5)33(42)38-32(21(2)3)34(43)36-19-31(41)40-30(27-20-46-17-16-22(27)4)15-14-28(39-40)35(44)45-6/h8-13,18,21-23,27-28,30,32,39H,7,14-17,19-20H2,1-6H3,(H,36,43)(H,38,42). The van der Waals surface area contributed by atoms with E-state index < -0.39 is 29.9 Å². The van der Waals surface area contributed by atoms with E-state index in [9.17, 15) is 19.2 Å². The summed E-state index contributed by atoms with van der Waals surface area (Å²) in [6.07, 6.45) is 6.57. The molecule has 3 heterocycles. The van der Waals surface area contributed by atoms with Crippen LogP contribution in [0.3, 0.4) is 0 Å². The predicted molar refractivity (Wildman–Crippen MR) is 176 cm³/mol. The third-order valence-corrected chi connectivity index (χ3v) is 9.17. The minimum Gasteiger partial charge on any atom is -0.468 e. The number of esters is 1. The van der Waals surface area contributed by atoms with Gasteiger partial charge in [-0.2, -0.15) is 0 Å². The van der Waals surface area contributed by atoms with E-state index in [0.29, 0.717) is 32.0 Å². The first-order valence-electron chi connectivity index (χ1n) is 16.4. The second kappa shape index (κ2) is 16.1. The lowest BCUT2D eigenvalue weighted by molar-refractivity contribution is -0.156. The van der Waals surface area contributed by atoms with Crippen LogP contribution in [-0.4, -0.2) is 78.7 Å². The molecule has 0 radical (unpaired) electrons. The van der Waals surface area contributed by atoms with Crippen molar-refractivity contribution >= 4 is 40.7 Å². The fraction of sp³-hybridized carbons (Fsp3) is 0.571. The molecule has 11 heteroatoms. The first-order valence-corrected chi connectivity index (χ1v) is 16.4. The molecule has 2 fully saturated rings. The van der Waals surface area contributed by atoms with E-state index in [1.807, 2.05) is 44.2 Å². The van der Waals surface area contributed by atoms with Crippen LogP contribution in [0.5, 0.6) is 0 Å². The number of aryl methyl sites for hydroxylation is 1. The quantitative estimate of drug-likeness (QED) is 0.320. The van der Waals surface area contributed by atoms with Gasteiger partial charge in [0.15, 0.2) is 0 Å². The van der Waals surface area contributed by atoms with Crippen LogP contribution in [0, 0.1) is 23.7 Å². The number of methoxy groups -OCH3 is 1. The number of pyridine rings is 1. The molecule has 6 atom stereocenters. The molecule has 2 aliphatic rings. The molecule has 0 aliphatic carbocycles. The molecule has 6 unspecified atom stereocenters. The Labute approximate surface area is 271 Å². The second-order valence-electron chi connectivity index (χ2n) is 12.8. The Hall–Kier alpha value is -3.83. The van der Waals surface area contributed by atoms with Crippen molar-refractivity contribution in [1.82, 2.24) is 26.1 Å². The number of ether oxygens (including phenoxy) is 2. The average Bonchev–Trinajstić information content (AvgIpc) is 3.07. The van der Waals surface area contributed by atoms with E-state index in [1.165, 1.54) is 12.1 Å². The number of nitrogens with one attached hydrogen (secondary N) is 3. The fourth-order valence-electron chi connectivity index (χ4n) is 6.12. The van der Waals surface area contributed by atoms with Crippen molar-refractivity contribution in [2.24, 2.45) is 23.7 Å². The molecule has 11 nitrogen and oxygen atoms in total. The number of hydrogen-bond donors (Lipinski definition) is 3. The number of amides is 3. The number of hydrogen-bond acceptors (Lipinski definition) is 8. The predicted octanol–water partition coefficient (Wildman–Crippen LogP) is 3.41. The second-order valence-corrected chi connectivity index (χ2v) is 12.8. The summed E-state index contributed by atoms with van der Waals surface area (Å²) < 4.78 is 10.7. The highest BCUT2D eigenvalue weighted by Gasteiger charge is 2.41. The van der Waals surface area contributed by atoms with Gasteiger partial charge in [0.2, 0.25) is 11.8 Å². The number of aromatic nitrogens is 1. The first kappa shape index (κ1) is 35.0. The van der Waals surface area contributed by atoms with E-state index in [2.05, 4.69) is 41.0 Å². The van der Waals surface area contributed by atoms with Gasteiger partial charge in [-0.25, -0.2) is 5.43 Å². The van der Waals surface area contributed by atoms with Crippen LogP contribution in [-0.2, 0) is 35.1 Å². The number of nitrogens with zero attached hydrogens (tertiary/aromatic N) is 2. The largest absolute Gasteiger partial charge is 0.468 e. The molecule has 2 aromatic rings. The van der Waals surface area contributed by atoms with Gasteiger partial charge in [0.25, 0.3) is 5.91 Å². The monoisotopic (exact) mass is 635 g/mol. The molecule has 250 valence electrons. The molecule has 1 aromatic carbocycles. The Bertz CT molecular complexity index is 1430. The number of benzene rings is 1. The van der Waals surface area contributed by atoms with Crippen molar-refractivity contribution in [3.05, 3.63) is 47.7 Å². The van der Waals surface area contributed by atoms with Crippen LogP contribution in [0.1, 0.15) is 65.1 Å². The zero-order valence-electron chi connectivity index (χ0n) is 27.9. The maximum Gasteiger partial charge on any atom is 0.324 e. The van der Waals surface area contributed by atoms with Gasteiger partial charge in [0, 0.05) is 23.6 Å². The summed E-state index contributed by atoms with van der Waals surface area (Å²) in [5, 5.41) is 8.13. The third kappa shape index (κ3) is 8.70. The van der Waals surface area contributed by atoms with Crippen molar-refractivity contribution in [2.45, 2.75) is 78.4 Å². The maximum absolute atomic E-state index is 13.5. The number of carbonyl (C=O) groups is 4. The first-order chi connectivity index (χ1) is 22.0. The van der Waals surface area contributed by atoms with Gasteiger partial charge < -0.3 is 20.1 Å². The van der Waals surface area contributed by atoms with Gasteiger partial charge in [-0.1, -0.05) is 65.0 Å². The van der Waals surface area contributed by atoms with E-state index in [4.69, 9.17) is 9.47 Å². The number of rotatable bonds is 11. The summed E-state index contributed by atoms with van der Waals surface area (Å²) in [7, 11) is 1.32. The van der Waals surface area contributed by atoms with Gasteiger partial charge in [0.05, 0.1) is 37.7 Å². The number of hydrazine groups is 1. The van der Waals surface area contributed by atoms with Crippen LogP contribution in [0.15, 0.2) is 36.4 Å². The summed E-state index contributed by atoms with van der Waals surface area (Å²) in [6, 6.07) is 8.38. The van der Waals surface area contributed by atoms with E-state index in [1.54, 1.807) is 13.0 Å². The Balaban J connectivity index is 1.37. The van der Waals surface area contributed by atoms with Crippen molar-refractivity contribution in [2.75, 3.05) is 26.9 Å².